The van der Waals surface area contributed by atoms with E-state index >= 15 is 0 Å². The van der Waals surface area contributed by atoms with Gasteiger partial charge < -0.3 is 9.67 Å². The van der Waals surface area contributed by atoms with Crippen molar-refractivity contribution >= 4 is 0 Å². The van der Waals surface area contributed by atoms with Gasteiger partial charge in [0.1, 0.15) is 23.6 Å². The van der Waals surface area contributed by atoms with Gasteiger partial charge >= 0.3 is 0 Å². The van der Waals surface area contributed by atoms with Crippen molar-refractivity contribution in [3.05, 3.63) is 53.6 Å². The Morgan fingerprint density at radius 3 is 2.38 bits per heavy atom. The standard InChI is InChI=1S/C11H10F2N2O/c1-15-3-2-14-11(15)10(16)7-4-8(12)6-9(13)5-7/h2-6,10,16H,1H3. The Hall–Kier alpha value is -1.75. The molecule has 0 spiro atoms. The molecule has 0 aliphatic rings. The minimum absolute atomic E-state index is 0.145. The fraction of sp³-hybridized carbons (Fsp3) is 0.182. The van der Waals surface area contributed by atoms with Gasteiger partial charge in [0, 0.05) is 25.5 Å². The molecule has 1 heterocycles. The van der Waals surface area contributed by atoms with Crippen LogP contribution < -0.4 is 0 Å². The Kier molecular flexibility index (Phi) is 2.70. The van der Waals surface area contributed by atoms with E-state index in [2.05, 4.69) is 4.98 Å². The summed E-state index contributed by atoms with van der Waals surface area (Å²) < 4.78 is 27.5. The molecule has 0 bridgehead atoms. The second-order valence-electron chi connectivity index (χ2n) is 3.50. The quantitative estimate of drug-likeness (QED) is 0.844. The van der Waals surface area contributed by atoms with E-state index in [1.54, 1.807) is 17.8 Å². The van der Waals surface area contributed by atoms with Crippen LogP contribution in [-0.4, -0.2) is 14.7 Å². The summed E-state index contributed by atoms with van der Waals surface area (Å²) in [7, 11) is 1.70. The van der Waals surface area contributed by atoms with Crippen molar-refractivity contribution in [2.45, 2.75) is 6.10 Å². The summed E-state index contributed by atoms with van der Waals surface area (Å²) >= 11 is 0. The zero-order valence-electron chi connectivity index (χ0n) is 8.56. The Labute approximate surface area is 91.0 Å². The first kappa shape index (κ1) is 10.8. The number of aliphatic hydroxyl groups excluding tert-OH is 1. The number of imidazole rings is 1. The van der Waals surface area contributed by atoms with Gasteiger partial charge in [0.25, 0.3) is 0 Å². The second-order valence-corrected chi connectivity index (χ2v) is 3.50. The molecule has 0 aliphatic carbocycles. The van der Waals surface area contributed by atoms with Crippen molar-refractivity contribution in [1.82, 2.24) is 9.55 Å². The van der Waals surface area contributed by atoms with Crippen LogP contribution in [0.15, 0.2) is 30.6 Å². The van der Waals surface area contributed by atoms with Crippen LogP contribution in [0.2, 0.25) is 0 Å². The zero-order chi connectivity index (χ0) is 11.7. The fourth-order valence-electron chi connectivity index (χ4n) is 1.52. The highest BCUT2D eigenvalue weighted by atomic mass is 19.1. The molecule has 0 amide bonds. The van der Waals surface area contributed by atoms with Gasteiger partial charge in [0.05, 0.1) is 0 Å². The molecule has 3 nitrogen and oxygen atoms in total. The highest BCUT2D eigenvalue weighted by Crippen LogP contribution is 2.21. The highest BCUT2D eigenvalue weighted by molar-refractivity contribution is 5.24. The zero-order valence-corrected chi connectivity index (χ0v) is 8.56. The number of aryl methyl sites for hydroxylation is 1. The maximum atomic E-state index is 13.0. The van der Waals surface area contributed by atoms with Crippen LogP contribution in [0.5, 0.6) is 0 Å². The molecule has 0 saturated carbocycles. The molecule has 1 aromatic carbocycles. The van der Waals surface area contributed by atoms with Crippen molar-refractivity contribution < 1.29 is 13.9 Å². The van der Waals surface area contributed by atoms with E-state index < -0.39 is 17.7 Å². The van der Waals surface area contributed by atoms with Crippen molar-refractivity contribution in [1.29, 1.82) is 0 Å². The normalized spacial score (nSPS) is 12.8. The fourth-order valence-corrected chi connectivity index (χ4v) is 1.52. The van der Waals surface area contributed by atoms with Gasteiger partial charge in [-0.3, -0.25) is 0 Å². The SMILES string of the molecule is Cn1ccnc1C(O)c1cc(F)cc(F)c1. The molecule has 16 heavy (non-hydrogen) atoms. The molecular weight excluding hydrogens is 214 g/mol. The van der Waals surface area contributed by atoms with Crippen LogP contribution in [0.3, 0.4) is 0 Å². The van der Waals surface area contributed by atoms with Gasteiger partial charge in [-0.05, 0) is 17.7 Å². The number of benzene rings is 1. The van der Waals surface area contributed by atoms with Crippen LogP contribution >= 0.6 is 0 Å². The van der Waals surface area contributed by atoms with Gasteiger partial charge in [0.15, 0.2) is 0 Å². The lowest BCUT2D eigenvalue weighted by molar-refractivity contribution is 0.205. The molecular formula is C11H10F2N2O. The summed E-state index contributed by atoms with van der Waals surface area (Å²) in [4.78, 5) is 3.92. The molecule has 1 aromatic heterocycles. The summed E-state index contributed by atoms with van der Waals surface area (Å²) in [6.07, 6.45) is 2.02. The number of nitrogens with zero attached hydrogens (tertiary/aromatic N) is 2. The Bertz CT molecular complexity index is 490. The Morgan fingerprint density at radius 2 is 1.88 bits per heavy atom. The predicted octanol–water partition coefficient (Wildman–Crippen LogP) is 1.78. The number of hydrogen-bond donors (Lipinski definition) is 1. The van der Waals surface area contributed by atoms with Gasteiger partial charge in [-0.2, -0.15) is 0 Å². The average molecular weight is 224 g/mol. The lowest BCUT2D eigenvalue weighted by Gasteiger charge is -2.11. The van der Waals surface area contributed by atoms with E-state index in [9.17, 15) is 13.9 Å². The minimum Gasteiger partial charge on any atom is -0.380 e. The summed E-state index contributed by atoms with van der Waals surface area (Å²) in [6.45, 7) is 0. The molecule has 0 fully saturated rings. The van der Waals surface area contributed by atoms with Crippen LogP contribution in [0, 0.1) is 11.6 Å². The van der Waals surface area contributed by atoms with Crippen molar-refractivity contribution in [3.8, 4) is 0 Å². The third-order valence-electron chi connectivity index (χ3n) is 2.30. The number of halogens is 2. The first-order chi connectivity index (χ1) is 7.58. The third-order valence-corrected chi connectivity index (χ3v) is 2.30. The largest absolute Gasteiger partial charge is 0.380 e. The summed E-state index contributed by atoms with van der Waals surface area (Å²) in [5.41, 5.74) is 0.145. The van der Waals surface area contributed by atoms with E-state index in [0.717, 1.165) is 18.2 Å². The van der Waals surface area contributed by atoms with Crippen molar-refractivity contribution in [2.24, 2.45) is 7.05 Å². The summed E-state index contributed by atoms with van der Waals surface area (Å²) in [5, 5.41) is 9.89. The van der Waals surface area contributed by atoms with Crippen molar-refractivity contribution in [2.75, 3.05) is 0 Å². The Morgan fingerprint density at radius 1 is 1.25 bits per heavy atom. The molecule has 1 N–H and O–H groups in total. The van der Waals surface area contributed by atoms with Gasteiger partial charge in [-0.25, -0.2) is 13.8 Å². The average Bonchev–Trinajstić information content (AvgIpc) is 2.62. The molecule has 1 unspecified atom stereocenters. The summed E-state index contributed by atoms with van der Waals surface area (Å²) in [5.74, 6) is -1.10. The van der Waals surface area contributed by atoms with Crippen LogP contribution in [0.25, 0.3) is 0 Å². The highest BCUT2D eigenvalue weighted by Gasteiger charge is 2.16. The number of rotatable bonds is 2. The predicted molar refractivity (Wildman–Crippen MR) is 53.6 cm³/mol. The molecule has 0 saturated heterocycles. The van der Waals surface area contributed by atoms with E-state index in [-0.39, 0.29) is 5.56 Å². The van der Waals surface area contributed by atoms with Crippen LogP contribution in [0.1, 0.15) is 17.5 Å². The molecule has 0 radical (unpaired) electrons. The maximum Gasteiger partial charge on any atom is 0.142 e. The van der Waals surface area contributed by atoms with Crippen LogP contribution in [-0.2, 0) is 7.05 Å². The van der Waals surface area contributed by atoms with Crippen LogP contribution in [0.4, 0.5) is 8.78 Å². The molecule has 0 aliphatic heterocycles. The first-order valence-electron chi connectivity index (χ1n) is 4.69. The lowest BCUT2D eigenvalue weighted by Crippen LogP contribution is -2.07. The van der Waals surface area contributed by atoms with Gasteiger partial charge in [0.2, 0.25) is 0 Å². The molecule has 5 heteroatoms. The Balaban J connectivity index is 2.41. The minimum atomic E-state index is -1.13. The van der Waals surface area contributed by atoms with E-state index in [1.807, 2.05) is 0 Å². The topological polar surface area (TPSA) is 38.0 Å². The molecule has 84 valence electrons. The maximum absolute atomic E-state index is 13.0. The monoisotopic (exact) mass is 224 g/mol. The molecule has 2 aromatic rings. The number of hydrogen-bond acceptors (Lipinski definition) is 2. The smallest absolute Gasteiger partial charge is 0.142 e. The second kappa shape index (κ2) is 4.02. The summed E-state index contributed by atoms with van der Waals surface area (Å²) in [6, 6.07) is 2.93. The van der Waals surface area contributed by atoms with Gasteiger partial charge in [-0.1, -0.05) is 0 Å². The molecule has 1 atom stereocenters. The third kappa shape index (κ3) is 1.94. The van der Waals surface area contributed by atoms with Gasteiger partial charge in [-0.15, -0.1) is 0 Å². The van der Waals surface area contributed by atoms with E-state index in [0.29, 0.717) is 5.82 Å². The lowest BCUT2D eigenvalue weighted by atomic mass is 10.1. The van der Waals surface area contributed by atoms with E-state index in [1.165, 1.54) is 6.20 Å². The van der Waals surface area contributed by atoms with E-state index in [4.69, 9.17) is 0 Å². The number of aromatic nitrogens is 2. The van der Waals surface area contributed by atoms with Crippen molar-refractivity contribution in [3.63, 3.8) is 0 Å². The number of aliphatic hydroxyl groups is 1. The first-order valence-corrected chi connectivity index (χ1v) is 4.69. The molecule has 2 rings (SSSR count).